The highest BCUT2D eigenvalue weighted by atomic mass is 16.4. The second-order valence-corrected chi connectivity index (χ2v) is 5.89. The molecule has 0 saturated carbocycles. The second kappa shape index (κ2) is 7.05. The third-order valence-electron chi connectivity index (χ3n) is 3.92. The molecule has 6 heteroatoms. The van der Waals surface area contributed by atoms with E-state index in [1.54, 1.807) is 19.1 Å². The number of aryl methyl sites for hydroxylation is 1. The Morgan fingerprint density at radius 2 is 2.04 bits per heavy atom. The van der Waals surface area contributed by atoms with Crippen molar-refractivity contribution < 1.29 is 13.6 Å². The average Bonchev–Trinajstić information content (AvgIpc) is 3.31. The molecule has 1 unspecified atom stereocenters. The Morgan fingerprint density at radius 3 is 2.72 bits per heavy atom. The van der Waals surface area contributed by atoms with E-state index in [-0.39, 0.29) is 11.5 Å². The van der Waals surface area contributed by atoms with Gasteiger partial charge in [-0.05, 0) is 37.5 Å². The molecule has 0 fully saturated rings. The lowest BCUT2D eigenvalue weighted by atomic mass is 9.94. The van der Waals surface area contributed by atoms with Crippen LogP contribution in [-0.2, 0) is 6.42 Å². The molecule has 2 aromatic heterocycles. The molecule has 0 aliphatic carbocycles. The van der Waals surface area contributed by atoms with Crippen molar-refractivity contribution in [1.29, 1.82) is 5.26 Å². The van der Waals surface area contributed by atoms with Crippen molar-refractivity contribution in [2.45, 2.75) is 25.3 Å². The summed E-state index contributed by atoms with van der Waals surface area (Å²) in [6.45, 7) is 1.69. The van der Waals surface area contributed by atoms with Crippen LogP contribution < -0.4 is 5.32 Å². The summed E-state index contributed by atoms with van der Waals surface area (Å²) in [7, 11) is 0. The van der Waals surface area contributed by atoms with Crippen LogP contribution in [0.3, 0.4) is 0 Å². The Bertz CT molecular complexity index is 878. The highest BCUT2D eigenvalue weighted by Gasteiger charge is 2.29. The van der Waals surface area contributed by atoms with E-state index in [1.165, 1.54) is 12.7 Å². The number of rotatable bonds is 6. The number of oxazole rings is 1. The van der Waals surface area contributed by atoms with E-state index < -0.39 is 11.4 Å². The van der Waals surface area contributed by atoms with Crippen molar-refractivity contribution in [3.8, 4) is 17.6 Å². The van der Waals surface area contributed by atoms with Gasteiger partial charge in [0.1, 0.15) is 5.54 Å². The van der Waals surface area contributed by atoms with E-state index in [4.69, 9.17) is 8.83 Å². The molecule has 0 aliphatic rings. The van der Waals surface area contributed by atoms with Crippen molar-refractivity contribution >= 4 is 5.91 Å². The minimum absolute atomic E-state index is 0.0936. The first-order chi connectivity index (χ1) is 12.1. The maximum absolute atomic E-state index is 12.6. The summed E-state index contributed by atoms with van der Waals surface area (Å²) in [5.74, 6) is 0.175. The van der Waals surface area contributed by atoms with Crippen LogP contribution in [0.4, 0.5) is 0 Å². The summed E-state index contributed by atoms with van der Waals surface area (Å²) < 4.78 is 10.5. The van der Waals surface area contributed by atoms with Crippen LogP contribution >= 0.6 is 0 Å². The van der Waals surface area contributed by atoms with Crippen LogP contribution in [0.25, 0.3) is 11.5 Å². The minimum Gasteiger partial charge on any atom is -0.461 e. The maximum Gasteiger partial charge on any atom is 0.275 e. The molecule has 0 spiro atoms. The van der Waals surface area contributed by atoms with Crippen molar-refractivity contribution in [2.75, 3.05) is 0 Å². The molecule has 0 aliphatic heterocycles. The molecule has 1 aromatic carbocycles. The fourth-order valence-corrected chi connectivity index (χ4v) is 2.49. The molecule has 6 nitrogen and oxygen atoms in total. The van der Waals surface area contributed by atoms with E-state index in [1.807, 2.05) is 30.3 Å². The zero-order valence-electron chi connectivity index (χ0n) is 13.7. The Kier molecular flexibility index (Phi) is 4.66. The third kappa shape index (κ3) is 3.78. The zero-order valence-corrected chi connectivity index (χ0v) is 13.7. The summed E-state index contributed by atoms with van der Waals surface area (Å²) in [6, 6.07) is 15.4. The molecule has 3 rings (SSSR count). The summed E-state index contributed by atoms with van der Waals surface area (Å²) in [6.07, 6.45) is 3.82. The molecular formula is C19H17N3O3. The molecule has 126 valence electrons. The zero-order chi connectivity index (χ0) is 17.7. The van der Waals surface area contributed by atoms with Gasteiger partial charge in [-0.3, -0.25) is 4.79 Å². The topological polar surface area (TPSA) is 92.1 Å². The number of furan rings is 1. The number of benzene rings is 1. The first kappa shape index (κ1) is 16.5. The lowest BCUT2D eigenvalue weighted by Gasteiger charge is -2.22. The molecular weight excluding hydrogens is 318 g/mol. The number of hydrogen-bond acceptors (Lipinski definition) is 5. The number of hydrogen-bond donors (Lipinski definition) is 1. The van der Waals surface area contributed by atoms with Crippen molar-refractivity contribution in [3.05, 3.63) is 66.4 Å². The first-order valence-corrected chi connectivity index (χ1v) is 7.86. The molecule has 1 atom stereocenters. The van der Waals surface area contributed by atoms with Crippen LogP contribution in [0, 0.1) is 11.3 Å². The quantitative estimate of drug-likeness (QED) is 0.743. The summed E-state index contributed by atoms with van der Waals surface area (Å²) in [4.78, 5) is 16.5. The van der Waals surface area contributed by atoms with Crippen molar-refractivity contribution in [3.63, 3.8) is 0 Å². The Balaban J connectivity index is 1.72. The smallest absolute Gasteiger partial charge is 0.275 e. The Hall–Kier alpha value is -3.33. The Morgan fingerprint density at radius 1 is 1.24 bits per heavy atom. The van der Waals surface area contributed by atoms with Crippen molar-refractivity contribution in [2.24, 2.45) is 0 Å². The summed E-state index contributed by atoms with van der Waals surface area (Å²) in [5.41, 5.74) is 0.179. The van der Waals surface area contributed by atoms with E-state index in [0.717, 1.165) is 5.56 Å². The van der Waals surface area contributed by atoms with Gasteiger partial charge < -0.3 is 14.2 Å². The van der Waals surface area contributed by atoms with E-state index in [0.29, 0.717) is 18.6 Å². The fourth-order valence-electron chi connectivity index (χ4n) is 2.49. The number of nitrogens with one attached hydrogen (secondary N) is 1. The van der Waals surface area contributed by atoms with Crippen LogP contribution in [0.15, 0.2) is 64.0 Å². The number of carbonyl (C=O) groups is 1. The second-order valence-electron chi connectivity index (χ2n) is 5.89. The van der Waals surface area contributed by atoms with Gasteiger partial charge >= 0.3 is 0 Å². The van der Waals surface area contributed by atoms with E-state index in [9.17, 15) is 10.1 Å². The molecule has 0 saturated heterocycles. The molecule has 0 bridgehead atoms. The standard InChI is InChI=1S/C19H17N3O3/c1-19(12-20,10-9-14-6-3-2-4-7-14)22-18(23)16-17(25-13-21-16)15-8-5-11-24-15/h2-8,11,13H,9-10H2,1H3,(H,22,23). The van der Waals surface area contributed by atoms with Crippen molar-refractivity contribution in [1.82, 2.24) is 10.3 Å². The van der Waals surface area contributed by atoms with Crippen LogP contribution in [-0.4, -0.2) is 16.4 Å². The van der Waals surface area contributed by atoms with Gasteiger partial charge in [-0.2, -0.15) is 5.26 Å². The lowest BCUT2D eigenvalue weighted by Crippen LogP contribution is -2.45. The largest absolute Gasteiger partial charge is 0.461 e. The molecule has 1 N–H and O–H groups in total. The first-order valence-electron chi connectivity index (χ1n) is 7.86. The van der Waals surface area contributed by atoms with E-state index >= 15 is 0 Å². The van der Waals surface area contributed by atoms with Crippen LogP contribution in [0.5, 0.6) is 0 Å². The van der Waals surface area contributed by atoms with Crippen LogP contribution in [0.2, 0.25) is 0 Å². The number of carbonyl (C=O) groups excluding carboxylic acids is 1. The lowest BCUT2D eigenvalue weighted by molar-refractivity contribution is 0.0917. The molecule has 2 heterocycles. The third-order valence-corrected chi connectivity index (χ3v) is 3.92. The van der Waals surface area contributed by atoms with Gasteiger partial charge in [0, 0.05) is 0 Å². The van der Waals surface area contributed by atoms with Gasteiger partial charge in [-0.15, -0.1) is 0 Å². The van der Waals surface area contributed by atoms with Gasteiger partial charge in [0.2, 0.25) is 5.76 Å². The predicted molar refractivity (Wildman–Crippen MR) is 90.5 cm³/mol. The summed E-state index contributed by atoms with van der Waals surface area (Å²) >= 11 is 0. The van der Waals surface area contributed by atoms with Gasteiger partial charge in [-0.25, -0.2) is 4.98 Å². The average molecular weight is 335 g/mol. The maximum atomic E-state index is 12.6. The predicted octanol–water partition coefficient (Wildman–Crippen LogP) is 3.58. The fraction of sp³-hybridized carbons (Fsp3) is 0.211. The number of amides is 1. The van der Waals surface area contributed by atoms with Gasteiger partial charge in [-0.1, -0.05) is 30.3 Å². The monoisotopic (exact) mass is 335 g/mol. The molecule has 25 heavy (non-hydrogen) atoms. The van der Waals surface area contributed by atoms with Crippen LogP contribution in [0.1, 0.15) is 29.4 Å². The molecule has 1 amide bonds. The van der Waals surface area contributed by atoms with Gasteiger partial charge in [0.15, 0.2) is 17.8 Å². The van der Waals surface area contributed by atoms with Gasteiger partial charge in [0.05, 0.1) is 12.3 Å². The minimum atomic E-state index is -1.02. The highest BCUT2D eigenvalue weighted by Crippen LogP contribution is 2.24. The summed E-state index contributed by atoms with van der Waals surface area (Å²) in [5, 5.41) is 12.3. The highest BCUT2D eigenvalue weighted by molar-refractivity contribution is 5.97. The molecule has 0 radical (unpaired) electrons. The number of nitriles is 1. The number of nitrogens with zero attached hydrogens (tertiary/aromatic N) is 2. The number of aromatic nitrogens is 1. The SMILES string of the molecule is CC(C#N)(CCc1ccccc1)NC(=O)c1ncoc1-c1ccco1. The van der Waals surface area contributed by atoms with E-state index in [2.05, 4.69) is 16.4 Å². The molecule has 3 aromatic rings. The Labute approximate surface area is 145 Å². The normalized spacial score (nSPS) is 13.0. The van der Waals surface area contributed by atoms with Gasteiger partial charge in [0.25, 0.3) is 5.91 Å².